The maximum atomic E-state index is 13.1. The van der Waals surface area contributed by atoms with E-state index >= 15 is 0 Å². The molecule has 0 radical (unpaired) electrons. The molecule has 11 nitrogen and oxygen atoms in total. The van der Waals surface area contributed by atoms with Crippen LogP contribution in [0.25, 0.3) is 11.1 Å². The second kappa shape index (κ2) is 10.4. The van der Waals surface area contributed by atoms with Crippen LogP contribution in [-0.4, -0.2) is 59.0 Å². The van der Waals surface area contributed by atoms with E-state index in [9.17, 15) is 19.8 Å². The van der Waals surface area contributed by atoms with Crippen molar-refractivity contribution in [3.05, 3.63) is 86.4 Å². The van der Waals surface area contributed by atoms with E-state index in [0.717, 1.165) is 27.0 Å². The largest absolute Gasteiger partial charge is 0.387 e. The SMILES string of the molecule is O=c1ccn(C2OC(COP(O)O)C(O)C2O)c(=O)n1Cc1cc(-c2ccccc2)c(Cl)cn1. The third-order valence-electron chi connectivity index (χ3n) is 5.38. The van der Waals surface area contributed by atoms with Crippen molar-refractivity contribution in [1.29, 1.82) is 0 Å². The zero-order valence-electron chi connectivity index (χ0n) is 17.5. The Hall–Kier alpha value is -2.47. The van der Waals surface area contributed by atoms with Crippen molar-refractivity contribution in [3.63, 3.8) is 0 Å². The van der Waals surface area contributed by atoms with E-state index in [2.05, 4.69) is 9.51 Å². The number of rotatable bonds is 7. The van der Waals surface area contributed by atoms with E-state index in [-0.39, 0.29) is 6.54 Å². The van der Waals surface area contributed by atoms with Gasteiger partial charge >= 0.3 is 14.3 Å². The molecule has 0 aliphatic carbocycles. The molecule has 1 aliphatic rings. The van der Waals surface area contributed by atoms with Crippen LogP contribution in [0.15, 0.2) is 64.4 Å². The lowest BCUT2D eigenvalue weighted by Gasteiger charge is -2.19. The first kappa shape index (κ1) is 24.6. The molecule has 0 saturated carbocycles. The van der Waals surface area contributed by atoms with Gasteiger partial charge in [0.15, 0.2) is 6.23 Å². The molecule has 13 heteroatoms. The van der Waals surface area contributed by atoms with Crippen molar-refractivity contribution in [3.8, 4) is 11.1 Å². The number of halogens is 1. The average Bonchev–Trinajstić information content (AvgIpc) is 3.10. The predicted molar refractivity (Wildman–Crippen MR) is 122 cm³/mol. The molecule has 1 aliphatic heterocycles. The highest BCUT2D eigenvalue weighted by Crippen LogP contribution is 2.32. The Labute approximate surface area is 199 Å². The monoisotopic (exact) mass is 509 g/mol. The van der Waals surface area contributed by atoms with E-state index in [1.165, 1.54) is 6.20 Å². The van der Waals surface area contributed by atoms with E-state index < -0.39 is 51.0 Å². The second-order valence-corrected chi connectivity index (χ2v) is 8.72. The molecule has 4 N–H and O–H groups in total. The standard InChI is InChI=1S/C21H21ClN3O8P/c22-15-9-23-13(8-14(15)12-4-2-1-3-5-12)10-25-17(26)6-7-24(21(25)29)20-19(28)18(27)16(33-20)11-32-34(30)31/h1-9,16,18-20,27-28,30-31H,10-11H2. The van der Waals surface area contributed by atoms with Crippen molar-refractivity contribution >= 4 is 20.2 Å². The highest BCUT2D eigenvalue weighted by molar-refractivity contribution is 7.39. The Morgan fingerprint density at radius 1 is 1.12 bits per heavy atom. The molecule has 1 saturated heterocycles. The first-order valence-electron chi connectivity index (χ1n) is 10.1. The van der Waals surface area contributed by atoms with E-state index in [4.69, 9.17) is 26.1 Å². The van der Waals surface area contributed by atoms with Crippen molar-refractivity contribution < 1.29 is 29.3 Å². The number of ether oxygens (including phenoxy) is 1. The molecule has 0 bridgehead atoms. The fourth-order valence-electron chi connectivity index (χ4n) is 3.68. The van der Waals surface area contributed by atoms with Gasteiger partial charge < -0.3 is 29.3 Å². The summed E-state index contributed by atoms with van der Waals surface area (Å²) in [5.41, 5.74) is 0.532. The first-order chi connectivity index (χ1) is 16.3. The van der Waals surface area contributed by atoms with Crippen LogP contribution in [0.2, 0.25) is 5.02 Å². The highest BCUT2D eigenvalue weighted by Gasteiger charge is 2.44. The minimum absolute atomic E-state index is 0.174. The lowest BCUT2D eigenvalue weighted by atomic mass is 10.1. The molecular formula is C21H21ClN3O8P. The van der Waals surface area contributed by atoms with Crippen LogP contribution in [0.4, 0.5) is 0 Å². The Morgan fingerprint density at radius 2 is 1.85 bits per heavy atom. The molecule has 2 aromatic heterocycles. The molecular weight excluding hydrogens is 489 g/mol. The molecule has 0 amide bonds. The minimum atomic E-state index is -2.69. The van der Waals surface area contributed by atoms with Crippen LogP contribution in [-0.2, 0) is 15.8 Å². The molecule has 0 spiro atoms. The summed E-state index contributed by atoms with van der Waals surface area (Å²) in [5, 5.41) is 21.0. The Bertz CT molecular complexity index is 1270. The normalized spacial score (nSPS) is 22.4. The molecule has 4 atom stereocenters. The molecule has 1 aromatic carbocycles. The first-order valence-corrected chi connectivity index (χ1v) is 11.6. The van der Waals surface area contributed by atoms with Gasteiger partial charge in [-0.15, -0.1) is 0 Å². The second-order valence-electron chi connectivity index (χ2n) is 7.55. The van der Waals surface area contributed by atoms with Crippen LogP contribution in [0.5, 0.6) is 0 Å². The van der Waals surface area contributed by atoms with Gasteiger partial charge in [-0.25, -0.2) is 4.79 Å². The van der Waals surface area contributed by atoms with Crippen LogP contribution in [0.3, 0.4) is 0 Å². The number of hydrogen-bond acceptors (Lipinski definition) is 9. The maximum absolute atomic E-state index is 13.1. The predicted octanol–water partition coefficient (Wildman–Crippen LogP) is 0.621. The summed E-state index contributed by atoms with van der Waals surface area (Å²) in [6, 6.07) is 12.1. The summed E-state index contributed by atoms with van der Waals surface area (Å²) in [6.45, 7) is -0.592. The molecule has 34 heavy (non-hydrogen) atoms. The summed E-state index contributed by atoms with van der Waals surface area (Å²) in [6.07, 6.45) is -2.85. The van der Waals surface area contributed by atoms with Crippen LogP contribution in [0, 0.1) is 0 Å². The van der Waals surface area contributed by atoms with Crippen molar-refractivity contribution in [1.82, 2.24) is 14.1 Å². The number of aromatic nitrogens is 3. The number of benzene rings is 1. The van der Waals surface area contributed by atoms with Gasteiger partial charge in [0.05, 0.1) is 23.9 Å². The lowest BCUT2D eigenvalue weighted by molar-refractivity contribution is -0.0531. The van der Waals surface area contributed by atoms with Crippen LogP contribution < -0.4 is 11.2 Å². The molecule has 1 fully saturated rings. The third-order valence-corrected chi connectivity index (χ3v) is 6.06. The summed E-state index contributed by atoms with van der Waals surface area (Å²) < 4.78 is 12.1. The van der Waals surface area contributed by atoms with Gasteiger partial charge in [0.25, 0.3) is 5.56 Å². The highest BCUT2D eigenvalue weighted by atomic mass is 35.5. The van der Waals surface area contributed by atoms with Gasteiger partial charge in [0.2, 0.25) is 0 Å². The molecule has 180 valence electrons. The van der Waals surface area contributed by atoms with Crippen molar-refractivity contribution in [2.45, 2.75) is 31.1 Å². The summed E-state index contributed by atoms with van der Waals surface area (Å²) in [5.74, 6) is 0. The van der Waals surface area contributed by atoms with Gasteiger partial charge in [-0.2, -0.15) is 0 Å². The van der Waals surface area contributed by atoms with E-state index in [0.29, 0.717) is 16.3 Å². The van der Waals surface area contributed by atoms with Gasteiger partial charge in [-0.1, -0.05) is 41.9 Å². The molecule has 4 unspecified atom stereocenters. The summed E-state index contributed by atoms with van der Waals surface area (Å²) in [4.78, 5) is 47.6. The van der Waals surface area contributed by atoms with Gasteiger partial charge in [-0.3, -0.25) is 18.9 Å². The lowest BCUT2D eigenvalue weighted by Crippen LogP contribution is -2.43. The minimum Gasteiger partial charge on any atom is -0.387 e. The van der Waals surface area contributed by atoms with E-state index in [1.54, 1.807) is 6.07 Å². The fraction of sp³-hybridized carbons (Fsp3) is 0.286. The Balaban J connectivity index is 1.63. The summed E-state index contributed by atoms with van der Waals surface area (Å²) >= 11 is 6.29. The smallest absolute Gasteiger partial charge is 0.333 e. The number of nitrogens with zero attached hydrogens (tertiary/aromatic N) is 3. The van der Waals surface area contributed by atoms with Crippen LogP contribution >= 0.6 is 20.2 Å². The van der Waals surface area contributed by atoms with Crippen molar-refractivity contribution in [2.24, 2.45) is 0 Å². The van der Waals surface area contributed by atoms with Gasteiger partial charge in [0, 0.05) is 24.0 Å². The Kier molecular flexibility index (Phi) is 7.56. The topological polar surface area (TPSA) is 156 Å². The fourth-order valence-corrected chi connectivity index (χ4v) is 4.17. The number of hydrogen-bond donors (Lipinski definition) is 4. The van der Waals surface area contributed by atoms with Crippen molar-refractivity contribution in [2.75, 3.05) is 6.61 Å². The third kappa shape index (κ3) is 5.12. The maximum Gasteiger partial charge on any atom is 0.333 e. The number of aliphatic hydroxyl groups is 2. The molecule has 4 rings (SSSR count). The van der Waals surface area contributed by atoms with Gasteiger partial charge in [0.1, 0.15) is 18.3 Å². The molecule has 3 heterocycles. The Morgan fingerprint density at radius 3 is 2.56 bits per heavy atom. The number of aliphatic hydroxyl groups excluding tert-OH is 2. The zero-order valence-corrected chi connectivity index (χ0v) is 19.2. The zero-order chi connectivity index (χ0) is 24.4. The average molecular weight is 510 g/mol. The summed E-state index contributed by atoms with van der Waals surface area (Å²) in [7, 11) is -2.69. The number of pyridine rings is 1. The van der Waals surface area contributed by atoms with Gasteiger partial charge in [-0.05, 0) is 11.6 Å². The quantitative estimate of drug-likeness (QED) is 0.335. The molecule has 3 aromatic rings. The van der Waals surface area contributed by atoms with Crippen LogP contribution in [0.1, 0.15) is 11.9 Å². The van der Waals surface area contributed by atoms with E-state index in [1.807, 2.05) is 30.3 Å².